The van der Waals surface area contributed by atoms with Crippen LogP contribution in [0.4, 0.5) is 4.39 Å². The third kappa shape index (κ3) is 3.61. The van der Waals surface area contributed by atoms with Gasteiger partial charge in [0.2, 0.25) is 0 Å². The number of nitrogens with zero attached hydrogens (tertiary/aromatic N) is 3. The van der Waals surface area contributed by atoms with Crippen LogP contribution in [0, 0.1) is 17.1 Å². The van der Waals surface area contributed by atoms with Crippen LogP contribution in [0.25, 0.3) is 11.0 Å². The summed E-state index contributed by atoms with van der Waals surface area (Å²) in [6.45, 7) is 0.325. The summed E-state index contributed by atoms with van der Waals surface area (Å²) in [4.78, 5) is 21.2. The normalized spacial score (nSPS) is 15.4. The topological polar surface area (TPSA) is 109 Å². The first-order chi connectivity index (χ1) is 13.1. The number of aromatic amines is 2. The van der Waals surface area contributed by atoms with Gasteiger partial charge in [0.1, 0.15) is 11.9 Å². The van der Waals surface area contributed by atoms with E-state index in [4.69, 9.17) is 5.26 Å². The van der Waals surface area contributed by atoms with Crippen LogP contribution in [-0.2, 0) is 6.54 Å². The Bertz CT molecular complexity index is 1190. The molecule has 0 spiro atoms. The van der Waals surface area contributed by atoms with Crippen molar-refractivity contribution in [1.29, 1.82) is 5.26 Å². The van der Waals surface area contributed by atoms with Crippen LogP contribution >= 0.6 is 11.8 Å². The van der Waals surface area contributed by atoms with Crippen molar-refractivity contribution in [2.24, 2.45) is 10.1 Å². The van der Waals surface area contributed by atoms with E-state index in [2.05, 4.69) is 25.5 Å². The molecule has 3 aromatic rings. The SMILES string of the molecule is N#Cc1cc(CN=C2NN=C(c3ccc4[nH]c(=O)[nH]c4c3)CS2)ccc1F. The molecule has 1 aliphatic heterocycles. The Morgan fingerprint density at radius 3 is 2.85 bits per heavy atom. The smallest absolute Gasteiger partial charge is 0.306 e. The number of fused-ring (bicyclic) bond motifs is 1. The third-order valence-electron chi connectivity index (χ3n) is 4.04. The molecule has 4 rings (SSSR count). The highest BCUT2D eigenvalue weighted by molar-refractivity contribution is 8.14. The Hall–Kier alpha value is -3.38. The van der Waals surface area contributed by atoms with Gasteiger partial charge in [-0.05, 0) is 29.8 Å². The van der Waals surface area contributed by atoms with E-state index in [-0.39, 0.29) is 11.3 Å². The number of hydrogen-bond donors (Lipinski definition) is 3. The molecule has 2 heterocycles. The maximum atomic E-state index is 13.4. The number of thioether (sulfide) groups is 1. The molecule has 3 N–H and O–H groups in total. The van der Waals surface area contributed by atoms with Gasteiger partial charge in [0.15, 0.2) is 5.17 Å². The highest BCUT2D eigenvalue weighted by Gasteiger charge is 2.14. The number of rotatable bonds is 3. The van der Waals surface area contributed by atoms with Crippen molar-refractivity contribution in [2.75, 3.05) is 5.75 Å². The molecule has 1 aliphatic rings. The van der Waals surface area contributed by atoms with E-state index < -0.39 is 5.82 Å². The molecule has 0 saturated carbocycles. The summed E-state index contributed by atoms with van der Waals surface area (Å²) in [5, 5.41) is 13.9. The van der Waals surface area contributed by atoms with Crippen molar-refractivity contribution in [2.45, 2.75) is 6.54 Å². The van der Waals surface area contributed by atoms with Gasteiger partial charge >= 0.3 is 5.69 Å². The number of benzene rings is 2. The second kappa shape index (κ2) is 7.09. The highest BCUT2D eigenvalue weighted by atomic mass is 32.2. The van der Waals surface area contributed by atoms with E-state index in [0.717, 1.165) is 27.9 Å². The summed E-state index contributed by atoms with van der Waals surface area (Å²) in [6, 6.07) is 11.8. The van der Waals surface area contributed by atoms with Crippen molar-refractivity contribution in [3.63, 3.8) is 0 Å². The van der Waals surface area contributed by atoms with Crippen molar-refractivity contribution in [3.05, 3.63) is 69.4 Å². The van der Waals surface area contributed by atoms with Crippen LogP contribution in [0.2, 0.25) is 0 Å². The Labute approximate surface area is 157 Å². The summed E-state index contributed by atoms with van der Waals surface area (Å²) in [6.07, 6.45) is 0. The molecule has 2 aromatic carbocycles. The minimum absolute atomic E-state index is 0.00968. The Morgan fingerprint density at radius 1 is 1.22 bits per heavy atom. The fourth-order valence-electron chi connectivity index (χ4n) is 2.68. The second-order valence-electron chi connectivity index (χ2n) is 5.85. The van der Waals surface area contributed by atoms with E-state index in [9.17, 15) is 9.18 Å². The molecular weight excluding hydrogens is 367 g/mol. The summed E-state index contributed by atoms with van der Waals surface area (Å²) in [7, 11) is 0. The van der Waals surface area contributed by atoms with Gasteiger partial charge in [-0.15, -0.1) is 0 Å². The third-order valence-corrected chi connectivity index (χ3v) is 4.95. The fraction of sp³-hybridized carbons (Fsp3) is 0.111. The molecule has 0 unspecified atom stereocenters. The van der Waals surface area contributed by atoms with Gasteiger partial charge in [-0.1, -0.05) is 23.9 Å². The zero-order chi connectivity index (χ0) is 18.8. The summed E-state index contributed by atoms with van der Waals surface area (Å²) in [5.41, 5.74) is 6.67. The van der Waals surface area contributed by atoms with Gasteiger partial charge in [-0.2, -0.15) is 10.4 Å². The van der Waals surface area contributed by atoms with Crippen molar-refractivity contribution < 1.29 is 4.39 Å². The molecule has 1 aromatic heterocycles. The number of H-pyrrole nitrogens is 2. The second-order valence-corrected chi connectivity index (χ2v) is 6.81. The van der Waals surface area contributed by atoms with E-state index in [0.29, 0.717) is 17.5 Å². The largest absolute Gasteiger partial charge is 0.323 e. The number of imidazole rings is 1. The lowest BCUT2D eigenvalue weighted by Gasteiger charge is -2.15. The van der Waals surface area contributed by atoms with Crippen LogP contribution < -0.4 is 11.1 Å². The molecule has 0 saturated heterocycles. The first-order valence-electron chi connectivity index (χ1n) is 8.03. The monoisotopic (exact) mass is 380 g/mol. The van der Waals surface area contributed by atoms with E-state index in [1.165, 1.54) is 23.9 Å². The predicted molar refractivity (Wildman–Crippen MR) is 103 cm³/mol. The average molecular weight is 380 g/mol. The molecule has 0 radical (unpaired) electrons. The van der Waals surface area contributed by atoms with Gasteiger partial charge in [0.25, 0.3) is 0 Å². The molecule has 134 valence electrons. The number of amidine groups is 1. The number of halogens is 1. The van der Waals surface area contributed by atoms with Crippen molar-refractivity contribution in [1.82, 2.24) is 15.4 Å². The molecule has 27 heavy (non-hydrogen) atoms. The lowest BCUT2D eigenvalue weighted by molar-refractivity contribution is 0.623. The molecule has 7 nitrogen and oxygen atoms in total. The van der Waals surface area contributed by atoms with Crippen LogP contribution in [0.5, 0.6) is 0 Å². The minimum Gasteiger partial charge on any atom is -0.306 e. The molecule has 0 fully saturated rings. The summed E-state index contributed by atoms with van der Waals surface area (Å²) in [5.74, 6) is 0.0906. The maximum Gasteiger partial charge on any atom is 0.323 e. The zero-order valence-electron chi connectivity index (χ0n) is 13.9. The average Bonchev–Trinajstić information content (AvgIpc) is 3.07. The number of nitrogens with one attached hydrogen (secondary N) is 3. The quantitative estimate of drug-likeness (QED) is 0.648. The Balaban J connectivity index is 1.48. The number of hydrazone groups is 1. The van der Waals surface area contributed by atoms with Gasteiger partial charge in [0, 0.05) is 11.3 Å². The van der Waals surface area contributed by atoms with Gasteiger partial charge in [-0.25, -0.2) is 9.18 Å². The van der Waals surface area contributed by atoms with Crippen LogP contribution in [0.3, 0.4) is 0 Å². The molecule has 0 bridgehead atoms. The lowest BCUT2D eigenvalue weighted by Crippen LogP contribution is -2.25. The number of aromatic nitrogens is 2. The zero-order valence-corrected chi connectivity index (χ0v) is 14.7. The predicted octanol–water partition coefficient (Wildman–Crippen LogP) is 2.46. The molecule has 0 aliphatic carbocycles. The highest BCUT2D eigenvalue weighted by Crippen LogP contribution is 2.18. The molecule has 0 atom stereocenters. The minimum atomic E-state index is -0.533. The summed E-state index contributed by atoms with van der Waals surface area (Å²) < 4.78 is 13.4. The maximum absolute atomic E-state index is 13.4. The summed E-state index contributed by atoms with van der Waals surface area (Å²) >= 11 is 1.50. The molecule has 9 heteroatoms. The van der Waals surface area contributed by atoms with Gasteiger partial charge in [-0.3, -0.25) is 10.4 Å². The molecular formula is C18H13FN6OS. The lowest BCUT2D eigenvalue weighted by atomic mass is 10.1. The first kappa shape index (κ1) is 17.1. The van der Waals surface area contributed by atoms with E-state index >= 15 is 0 Å². The van der Waals surface area contributed by atoms with Crippen LogP contribution in [-0.4, -0.2) is 26.6 Å². The first-order valence-corrected chi connectivity index (χ1v) is 9.02. The van der Waals surface area contributed by atoms with Crippen LogP contribution in [0.1, 0.15) is 16.7 Å². The number of nitriles is 1. The van der Waals surface area contributed by atoms with Crippen LogP contribution in [0.15, 0.2) is 51.3 Å². The number of aliphatic imine (C=N–C) groups is 1. The number of hydrogen-bond acceptors (Lipinski definition) is 5. The van der Waals surface area contributed by atoms with E-state index in [1.54, 1.807) is 6.07 Å². The Kier molecular flexibility index (Phi) is 4.48. The van der Waals surface area contributed by atoms with Crippen molar-refractivity contribution in [3.8, 4) is 6.07 Å². The molecule has 0 amide bonds. The Morgan fingerprint density at radius 2 is 2.07 bits per heavy atom. The van der Waals surface area contributed by atoms with Gasteiger partial charge < -0.3 is 9.97 Å². The van der Waals surface area contributed by atoms with E-state index in [1.807, 2.05) is 24.3 Å². The standard InChI is InChI=1S/C18H13FN6OS/c19-13-3-1-10(5-12(13)7-20)8-21-18-25-24-16(9-27-18)11-2-4-14-15(6-11)23-17(26)22-14/h1-6H,8-9H2,(H,21,25)(H2,22,23,26). The van der Waals surface area contributed by atoms with Gasteiger partial charge in [0.05, 0.1) is 28.9 Å². The fourth-order valence-corrected chi connectivity index (χ4v) is 3.45. The van der Waals surface area contributed by atoms with Crippen molar-refractivity contribution >= 4 is 33.7 Å².